The van der Waals surface area contributed by atoms with Gasteiger partial charge in [0.05, 0.1) is 29.6 Å². The summed E-state index contributed by atoms with van der Waals surface area (Å²) in [7, 11) is 0. The number of alkyl halides is 1. The van der Waals surface area contributed by atoms with Crippen molar-refractivity contribution in [2.45, 2.75) is 33.5 Å². The fourth-order valence-electron chi connectivity index (χ4n) is 3.54. The molecule has 1 atom stereocenters. The van der Waals surface area contributed by atoms with Crippen LogP contribution in [0, 0.1) is 19.7 Å². The van der Waals surface area contributed by atoms with E-state index >= 15 is 0 Å². The third-order valence-corrected chi connectivity index (χ3v) is 5.04. The van der Waals surface area contributed by atoms with Crippen LogP contribution in [0.3, 0.4) is 0 Å². The van der Waals surface area contributed by atoms with E-state index in [4.69, 9.17) is 0 Å². The number of anilines is 3. The maximum Gasteiger partial charge on any atom is 0.247 e. The van der Waals surface area contributed by atoms with Crippen LogP contribution in [0.25, 0.3) is 16.7 Å². The number of nitrogens with one attached hydrogen (secondary N) is 2. The highest BCUT2D eigenvalue weighted by Crippen LogP contribution is 2.28. The van der Waals surface area contributed by atoms with Crippen molar-refractivity contribution in [2.24, 2.45) is 0 Å². The number of carbonyl (C=O) groups excluding carboxylic acids is 1. The van der Waals surface area contributed by atoms with E-state index in [0.29, 0.717) is 22.6 Å². The first kappa shape index (κ1) is 22.1. The molecule has 170 valence electrons. The van der Waals surface area contributed by atoms with Crippen molar-refractivity contribution in [1.29, 1.82) is 0 Å². The molecule has 8 nitrogen and oxygen atoms in total. The number of rotatable bonds is 7. The normalized spacial score (nSPS) is 12.0. The predicted molar refractivity (Wildman–Crippen MR) is 123 cm³/mol. The molecule has 0 saturated carbocycles. The van der Waals surface area contributed by atoms with Crippen molar-refractivity contribution in [2.75, 3.05) is 10.6 Å². The monoisotopic (exact) mass is 451 g/mol. The molecule has 4 aromatic rings. The lowest BCUT2D eigenvalue weighted by atomic mass is 10.2. The number of amides is 1. The molecule has 0 aliphatic carbocycles. The van der Waals surface area contributed by atoms with Gasteiger partial charge in [0.15, 0.2) is 11.6 Å². The van der Waals surface area contributed by atoms with Crippen LogP contribution in [0.4, 0.5) is 26.1 Å². The Morgan fingerprint density at radius 2 is 2.09 bits per heavy atom. The smallest absolute Gasteiger partial charge is 0.247 e. The van der Waals surface area contributed by atoms with Gasteiger partial charge in [-0.2, -0.15) is 10.1 Å². The van der Waals surface area contributed by atoms with Gasteiger partial charge in [0.1, 0.15) is 6.17 Å². The number of carbonyl (C=O) groups is 1. The molecule has 0 bridgehead atoms. The summed E-state index contributed by atoms with van der Waals surface area (Å²) in [5.74, 6) is -0.670. The van der Waals surface area contributed by atoms with Crippen molar-refractivity contribution < 1.29 is 13.6 Å². The van der Waals surface area contributed by atoms with E-state index < -0.39 is 12.0 Å². The summed E-state index contributed by atoms with van der Waals surface area (Å²) in [6.07, 6.45) is 4.67. The summed E-state index contributed by atoms with van der Waals surface area (Å²) in [6.45, 7) is 8.70. The molecule has 0 spiro atoms. The Morgan fingerprint density at radius 3 is 2.82 bits per heavy atom. The fourth-order valence-corrected chi connectivity index (χ4v) is 3.54. The topological polar surface area (TPSA) is 89.7 Å². The number of aromatic nitrogens is 5. The highest BCUT2D eigenvalue weighted by atomic mass is 19.1. The van der Waals surface area contributed by atoms with Gasteiger partial charge in [-0.1, -0.05) is 6.58 Å². The van der Waals surface area contributed by atoms with Crippen LogP contribution < -0.4 is 10.6 Å². The summed E-state index contributed by atoms with van der Waals surface area (Å²) in [6, 6.07) is 5.31. The van der Waals surface area contributed by atoms with E-state index in [1.165, 1.54) is 17.7 Å². The molecule has 3 aromatic heterocycles. The molecule has 0 aliphatic rings. The van der Waals surface area contributed by atoms with Crippen molar-refractivity contribution >= 4 is 34.1 Å². The van der Waals surface area contributed by atoms with Gasteiger partial charge in [-0.3, -0.25) is 14.0 Å². The minimum absolute atomic E-state index is 0.0657. The first-order valence-electron chi connectivity index (χ1n) is 10.3. The van der Waals surface area contributed by atoms with Gasteiger partial charge in [0.25, 0.3) is 0 Å². The SMILES string of the molecule is C=CC(=O)Nc1ccc2c(c1)c(C)cn2-c1nc(Nc2cn(CC(C)F)nc2C)ncc1F. The summed E-state index contributed by atoms with van der Waals surface area (Å²) in [5.41, 5.74) is 3.44. The van der Waals surface area contributed by atoms with Crippen LogP contribution >= 0.6 is 0 Å². The molecule has 33 heavy (non-hydrogen) atoms. The zero-order chi connectivity index (χ0) is 23.7. The predicted octanol–water partition coefficient (Wildman–Crippen LogP) is 4.60. The highest BCUT2D eigenvalue weighted by Gasteiger charge is 2.16. The molecular weight excluding hydrogens is 428 g/mol. The van der Waals surface area contributed by atoms with E-state index in [0.717, 1.165) is 17.1 Å². The van der Waals surface area contributed by atoms with Crippen molar-refractivity contribution in [3.8, 4) is 5.82 Å². The second kappa shape index (κ2) is 8.81. The van der Waals surface area contributed by atoms with Crippen LogP contribution in [-0.2, 0) is 11.3 Å². The van der Waals surface area contributed by atoms with E-state index in [1.54, 1.807) is 36.0 Å². The molecule has 4 rings (SSSR count). The molecule has 0 radical (unpaired) electrons. The molecule has 1 unspecified atom stereocenters. The Kier molecular flexibility index (Phi) is 5.91. The van der Waals surface area contributed by atoms with Gasteiger partial charge in [-0.15, -0.1) is 0 Å². The molecule has 0 saturated heterocycles. The summed E-state index contributed by atoms with van der Waals surface area (Å²) < 4.78 is 31.2. The van der Waals surface area contributed by atoms with Crippen LogP contribution in [0.2, 0.25) is 0 Å². The van der Waals surface area contributed by atoms with Crippen molar-refractivity contribution in [3.05, 3.63) is 66.5 Å². The number of benzene rings is 1. The first-order valence-corrected chi connectivity index (χ1v) is 10.3. The molecule has 1 amide bonds. The fraction of sp³-hybridized carbons (Fsp3) is 0.217. The first-order chi connectivity index (χ1) is 15.7. The third-order valence-electron chi connectivity index (χ3n) is 5.04. The molecule has 10 heteroatoms. The highest BCUT2D eigenvalue weighted by molar-refractivity contribution is 6.00. The maximum atomic E-state index is 14.8. The third kappa shape index (κ3) is 4.59. The average molecular weight is 451 g/mol. The quantitative estimate of drug-likeness (QED) is 0.401. The summed E-state index contributed by atoms with van der Waals surface area (Å²) >= 11 is 0. The van der Waals surface area contributed by atoms with Gasteiger partial charge in [0.2, 0.25) is 11.9 Å². The largest absolute Gasteiger partial charge is 0.323 e. The van der Waals surface area contributed by atoms with E-state index in [9.17, 15) is 13.6 Å². The van der Waals surface area contributed by atoms with E-state index in [1.807, 2.05) is 13.0 Å². The number of aryl methyl sites for hydroxylation is 2. The Morgan fingerprint density at radius 1 is 1.30 bits per heavy atom. The minimum Gasteiger partial charge on any atom is -0.323 e. The van der Waals surface area contributed by atoms with Gasteiger partial charge >= 0.3 is 0 Å². The van der Waals surface area contributed by atoms with Crippen molar-refractivity contribution in [1.82, 2.24) is 24.3 Å². The Labute approximate surface area is 189 Å². The zero-order valence-corrected chi connectivity index (χ0v) is 18.4. The molecule has 1 aromatic carbocycles. The minimum atomic E-state index is -1.04. The van der Waals surface area contributed by atoms with Gasteiger partial charge < -0.3 is 10.6 Å². The van der Waals surface area contributed by atoms with Crippen LogP contribution in [0.1, 0.15) is 18.2 Å². The zero-order valence-electron chi connectivity index (χ0n) is 18.4. The summed E-state index contributed by atoms with van der Waals surface area (Å²) in [4.78, 5) is 20.0. The average Bonchev–Trinajstić information content (AvgIpc) is 3.27. The lowest BCUT2D eigenvalue weighted by Gasteiger charge is -2.09. The van der Waals surface area contributed by atoms with Gasteiger partial charge in [-0.25, -0.2) is 13.8 Å². The van der Waals surface area contributed by atoms with Crippen LogP contribution in [0.15, 0.2) is 49.4 Å². The number of hydrogen-bond donors (Lipinski definition) is 2. The summed E-state index contributed by atoms with van der Waals surface area (Å²) in [5, 5.41) is 10.9. The Balaban J connectivity index is 1.69. The standard InChI is InChI=1S/C23H23F2N7O/c1-5-21(33)27-16-6-7-20-17(8-16)13(2)10-32(20)22-18(25)9-26-23(29-22)28-19-12-31(11-14(3)24)30-15(19)4/h5-10,12,14H,1,11H2,2-4H3,(H,27,33)(H,26,28,29). The second-order valence-corrected chi connectivity index (χ2v) is 7.73. The lowest BCUT2D eigenvalue weighted by molar-refractivity contribution is -0.111. The Hall–Kier alpha value is -4.08. The Bertz CT molecular complexity index is 1360. The number of hydrogen-bond acceptors (Lipinski definition) is 5. The van der Waals surface area contributed by atoms with Gasteiger partial charge in [-0.05, 0) is 50.6 Å². The number of halogens is 2. The molecule has 2 N–H and O–H groups in total. The molecule has 0 fully saturated rings. The number of nitrogens with zero attached hydrogens (tertiary/aromatic N) is 5. The second-order valence-electron chi connectivity index (χ2n) is 7.73. The molecule has 0 aliphatic heterocycles. The lowest BCUT2D eigenvalue weighted by Crippen LogP contribution is -2.08. The molecular formula is C23H23F2N7O. The molecule has 3 heterocycles. The maximum absolute atomic E-state index is 14.8. The van der Waals surface area contributed by atoms with E-state index in [-0.39, 0.29) is 24.2 Å². The van der Waals surface area contributed by atoms with Gasteiger partial charge in [0, 0.05) is 23.5 Å². The number of fused-ring (bicyclic) bond motifs is 1. The van der Waals surface area contributed by atoms with Crippen LogP contribution in [-0.4, -0.2) is 36.4 Å². The van der Waals surface area contributed by atoms with Crippen LogP contribution in [0.5, 0.6) is 0 Å². The van der Waals surface area contributed by atoms with Crippen molar-refractivity contribution in [3.63, 3.8) is 0 Å². The van der Waals surface area contributed by atoms with E-state index in [2.05, 4.69) is 32.3 Å².